The van der Waals surface area contributed by atoms with Gasteiger partial charge in [-0.15, -0.1) is 0 Å². The van der Waals surface area contributed by atoms with Gasteiger partial charge in [0.2, 0.25) is 0 Å². The first-order valence-electron chi connectivity index (χ1n) is 10.3. The smallest absolute Gasteiger partial charge is 0.259 e. The second kappa shape index (κ2) is 8.62. The number of hydrogen-bond donors (Lipinski definition) is 0. The van der Waals surface area contributed by atoms with Crippen molar-refractivity contribution in [3.05, 3.63) is 88.8 Å². The molecular formula is C24H27N3O2. The van der Waals surface area contributed by atoms with E-state index in [-0.39, 0.29) is 11.9 Å². The summed E-state index contributed by atoms with van der Waals surface area (Å²) in [7, 11) is 0. The highest BCUT2D eigenvalue weighted by atomic mass is 16.5. The molecule has 0 unspecified atom stereocenters. The summed E-state index contributed by atoms with van der Waals surface area (Å²) < 4.78 is 5.27. The van der Waals surface area contributed by atoms with Crippen LogP contribution < -0.4 is 0 Å². The average Bonchev–Trinajstić information content (AvgIpc) is 3.16. The Balaban J connectivity index is 1.53. The van der Waals surface area contributed by atoms with Gasteiger partial charge < -0.3 is 9.42 Å². The lowest BCUT2D eigenvalue weighted by Crippen LogP contribution is -2.50. The van der Waals surface area contributed by atoms with Crippen molar-refractivity contribution >= 4 is 5.91 Å². The van der Waals surface area contributed by atoms with Crippen LogP contribution in [0.2, 0.25) is 0 Å². The molecule has 1 fully saturated rings. The number of nitrogens with zero attached hydrogens (tertiary/aromatic N) is 3. The Morgan fingerprint density at radius 3 is 2.03 bits per heavy atom. The van der Waals surface area contributed by atoms with E-state index in [9.17, 15) is 4.79 Å². The van der Waals surface area contributed by atoms with E-state index in [4.69, 9.17) is 4.52 Å². The second-order valence-electron chi connectivity index (χ2n) is 7.47. The van der Waals surface area contributed by atoms with Crippen LogP contribution in [-0.2, 0) is 6.42 Å². The second-order valence-corrected chi connectivity index (χ2v) is 7.47. The van der Waals surface area contributed by atoms with Crippen molar-refractivity contribution in [3.63, 3.8) is 0 Å². The van der Waals surface area contributed by atoms with Crippen LogP contribution in [-0.4, -0.2) is 47.0 Å². The summed E-state index contributed by atoms with van der Waals surface area (Å²) >= 11 is 0. The SMILES string of the molecule is CCc1noc(C)c1C(=O)N1CCN(C(c2ccccc2)c2ccccc2)CC1. The number of benzene rings is 2. The van der Waals surface area contributed by atoms with Crippen LogP contribution in [0.25, 0.3) is 0 Å². The van der Waals surface area contributed by atoms with Crippen LogP contribution in [0.3, 0.4) is 0 Å². The lowest BCUT2D eigenvalue weighted by molar-refractivity contribution is 0.0595. The lowest BCUT2D eigenvalue weighted by atomic mass is 9.96. The molecule has 1 aromatic heterocycles. The minimum absolute atomic E-state index is 0.0382. The van der Waals surface area contributed by atoms with Gasteiger partial charge in [0.05, 0.1) is 11.7 Å². The first-order valence-corrected chi connectivity index (χ1v) is 10.3. The van der Waals surface area contributed by atoms with E-state index < -0.39 is 0 Å². The molecule has 1 saturated heterocycles. The first-order chi connectivity index (χ1) is 14.2. The molecule has 2 heterocycles. The number of piperazine rings is 1. The molecule has 29 heavy (non-hydrogen) atoms. The van der Waals surface area contributed by atoms with E-state index in [2.05, 4.69) is 70.7 Å². The Morgan fingerprint density at radius 2 is 1.52 bits per heavy atom. The molecule has 1 aliphatic heterocycles. The monoisotopic (exact) mass is 389 g/mol. The Hall–Kier alpha value is -2.92. The topological polar surface area (TPSA) is 49.6 Å². The fourth-order valence-electron chi connectivity index (χ4n) is 4.16. The van der Waals surface area contributed by atoms with E-state index in [1.165, 1.54) is 11.1 Å². The number of rotatable bonds is 5. The summed E-state index contributed by atoms with van der Waals surface area (Å²) in [5, 5.41) is 4.04. The highest BCUT2D eigenvalue weighted by Gasteiger charge is 2.30. The molecule has 0 bridgehead atoms. The molecule has 1 amide bonds. The van der Waals surface area contributed by atoms with Crippen molar-refractivity contribution in [2.24, 2.45) is 0 Å². The average molecular weight is 389 g/mol. The number of aryl methyl sites for hydroxylation is 2. The molecule has 2 aromatic carbocycles. The van der Waals surface area contributed by atoms with E-state index >= 15 is 0 Å². The van der Waals surface area contributed by atoms with Crippen molar-refractivity contribution in [2.45, 2.75) is 26.3 Å². The zero-order valence-electron chi connectivity index (χ0n) is 17.0. The Labute approximate surface area is 171 Å². The molecule has 5 nitrogen and oxygen atoms in total. The van der Waals surface area contributed by atoms with Crippen LogP contribution >= 0.6 is 0 Å². The fraction of sp³-hybridized carbons (Fsp3) is 0.333. The van der Waals surface area contributed by atoms with Gasteiger partial charge in [0.15, 0.2) is 0 Å². The molecule has 0 saturated carbocycles. The third kappa shape index (κ3) is 3.96. The van der Waals surface area contributed by atoms with Gasteiger partial charge in [-0.3, -0.25) is 9.69 Å². The summed E-state index contributed by atoms with van der Waals surface area (Å²) in [5.41, 5.74) is 3.95. The van der Waals surface area contributed by atoms with Gasteiger partial charge in [-0.1, -0.05) is 72.7 Å². The molecule has 0 N–H and O–H groups in total. The van der Waals surface area contributed by atoms with Crippen LogP contribution in [0.5, 0.6) is 0 Å². The first kappa shape index (κ1) is 19.4. The third-order valence-corrected chi connectivity index (χ3v) is 5.68. The maximum atomic E-state index is 13.1. The predicted molar refractivity (Wildman–Crippen MR) is 113 cm³/mol. The summed E-state index contributed by atoms with van der Waals surface area (Å²) in [6.07, 6.45) is 0.697. The molecule has 0 spiro atoms. The molecule has 4 rings (SSSR count). The van der Waals surface area contributed by atoms with Gasteiger partial charge in [-0.05, 0) is 24.5 Å². The summed E-state index contributed by atoms with van der Waals surface area (Å²) in [6.45, 7) is 6.86. The Kier molecular flexibility index (Phi) is 5.76. The van der Waals surface area contributed by atoms with Crippen molar-refractivity contribution < 1.29 is 9.32 Å². The van der Waals surface area contributed by atoms with Crippen molar-refractivity contribution in [1.29, 1.82) is 0 Å². The molecule has 5 heteroatoms. The van der Waals surface area contributed by atoms with E-state index in [1.54, 1.807) is 0 Å². The third-order valence-electron chi connectivity index (χ3n) is 5.68. The number of amides is 1. The molecular weight excluding hydrogens is 362 g/mol. The number of aromatic nitrogens is 1. The van der Waals surface area contributed by atoms with Crippen molar-refractivity contribution in [2.75, 3.05) is 26.2 Å². The van der Waals surface area contributed by atoms with Crippen LogP contribution in [0.4, 0.5) is 0 Å². The van der Waals surface area contributed by atoms with Gasteiger partial charge >= 0.3 is 0 Å². The van der Waals surface area contributed by atoms with Crippen LogP contribution in [0.1, 0.15) is 45.9 Å². The maximum absolute atomic E-state index is 13.1. The van der Waals surface area contributed by atoms with E-state index in [0.717, 1.165) is 18.8 Å². The van der Waals surface area contributed by atoms with Crippen molar-refractivity contribution in [1.82, 2.24) is 15.0 Å². The molecule has 0 atom stereocenters. The van der Waals surface area contributed by atoms with Gasteiger partial charge in [0.25, 0.3) is 5.91 Å². The van der Waals surface area contributed by atoms with Gasteiger partial charge in [0.1, 0.15) is 11.3 Å². The highest BCUT2D eigenvalue weighted by Crippen LogP contribution is 2.30. The molecule has 0 aliphatic carbocycles. The Morgan fingerprint density at radius 1 is 0.966 bits per heavy atom. The quantitative estimate of drug-likeness (QED) is 0.659. The van der Waals surface area contributed by atoms with E-state index in [0.29, 0.717) is 30.8 Å². The normalized spacial score (nSPS) is 15.1. The standard InChI is InChI=1S/C24H27N3O2/c1-3-21-22(18(2)29-25-21)24(28)27-16-14-26(15-17-27)23(19-10-6-4-7-11-19)20-12-8-5-9-13-20/h4-13,23H,3,14-17H2,1-2H3. The fourth-order valence-corrected chi connectivity index (χ4v) is 4.16. The lowest BCUT2D eigenvalue weighted by Gasteiger charge is -2.39. The van der Waals surface area contributed by atoms with Crippen molar-refractivity contribution in [3.8, 4) is 0 Å². The molecule has 3 aromatic rings. The zero-order valence-corrected chi connectivity index (χ0v) is 17.0. The summed E-state index contributed by atoms with van der Waals surface area (Å²) in [5.74, 6) is 0.650. The largest absolute Gasteiger partial charge is 0.361 e. The number of hydrogen-bond acceptors (Lipinski definition) is 4. The minimum atomic E-state index is 0.0382. The zero-order chi connectivity index (χ0) is 20.2. The number of carbonyl (C=O) groups excluding carboxylic acids is 1. The van der Waals surface area contributed by atoms with Gasteiger partial charge in [0, 0.05) is 26.2 Å². The number of carbonyl (C=O) groups is 1. The summed E-state index contributed by atoms with van der Waals surface area (Å²) in [4.78, 5) is 17.5. The molecule has 150 valence electrons. The minimum Gasteiger partial charge on any atom is -0.361 e. The maximum Gasteiger partial charge on any atom is 0.259 e. The van der Waals surface area contributed by atoms with Crippen LogP contribution in [0, 0.1) is 6.92 Å². The van der Waals surface area contributed by atoms with Crippen LogP contribution in [0.15, 0.2) is 65.2 Å². The van der Waals surface area contributed by atoms with E-state index in [1.807, 2.05) is 18.7 Å². The molecule has 0 radical (unpaired) electrons. The highest BCUT2D eigenvalue weighted by molar-refractivity contribution is 5.96. The summed E-state index contributed by atoms with van der Waals surface area (Å²) in [6, 6.07) is 21.4. The van der Waals surface area contributed by atoms with Gasteiger partial charge in [-0.2, -0.15) is 0 Å². The predicted octanol–water partition coefficient (Wildman–Crippen LogP) is 4.09. The molecule has 1 aliphatic rings. The van der Waals surface area contributed by atoms with Gasteiger partial charge in [-0.25, -0.2) is 0 Å². The Bertz CT molecular complexity index is 905.